The van der Waals surface area contributed by atoms with Crippen LogP contribution in [-0.2, 0) is 0 Å². The van der Waals surface area contributed by atoms with E-state index in [1.807, 2.05) is 0 Å². The second-order valence-corrected chi connectivity index (χ2v) is 3.32. The molecule has 0 unspecified atom stereocenters. The summed E-state index contributed by atoms with van der Waals surface area (Å²) in [6.07, 6.45) is 1.64. The molecular weight excluding hydrogens is 174 g/mol. The van der Waals surface area contributed by atoms with Crippen LogP contribution in [0.3, 0.4) is 0 Å². The van der Waals surface area contributed by atoms with Crippen molar-refractivity contribution in [1.82, 2.24) is 9.97 Å². The summed E-state index contributed by atoms with van der Waals surface area (Å²) >= 11 is 5.60. The quantitative estimate of drug-likeness (QED) is 0.734. The molecule has 3 nitrogen and oxygen atoms in total. The molecule has 0 aliphatic carbocycles. The van der Waals surface area contributed by atoms with Crippen molar-refractivity contribution >= 4 is 17.4 Å². The Morgan fingerprint density at radius 1 is 1.58 bits per heavy atom. The average Bonchev–Trinajstić information content (AvgIpc) is 2.01. The minimum absolute atomic E-state index is 0.281. The molecule has 1 aromatic rings. The van der Waals surface area contributed by atoms with Crippen LogP contribution in [0.1, 0.15) is 13.8 Å². The van der Waals surface area contributed by atoms with Crippen LogP contribution in [0.2, 0.25) is 5.28 Å². The van der Waals surface area contributed by atoms with Crippen molar-refractivity contribution < 1.29 is 0 Å². The van der Waals surface area contributed by atoms with Crippen LogP contribution in [0.25, 0.3) is 0 Å². The van der Waals surface area contributed by atoms with Crippen molar-refractivity contribution in [2.45, 2.75) is 13.8 Å². The molecule has 0 fully saturated rings. The first-order chi connectivity index (χ1) is 5.68. The van der Waals surface area contributed by atoms with E-state index in [1.165, 1.54) is 0 Å². The third-order valence-corrected chi connectivity index (χ3v) is 1.50. The van der Waals surface area contributed by atoms with Gasteiger partial charge in [0.15, 0.2) is 0 Å². The molecule has 0 bridgehead atoms. The van der Waals surface area contributed by atoms with E-state index in [0.29, 0.717) is 5.92 Å². The fourth-order valence-corrected chi connectivity index (χ4v) is 0.889. The zero-order valence-corrected chi connectivity index (χ0v) is 7.97. The van der Waals surface area contributed by atoms with Crippen molar-refractivity contribution in [3.8, 4) is 0 Å². The molecule has 0 radical (unpaired) electrons. The molecule has 0 saturated carbocycles. The second-order valence-electron chi connectivity index (χ2n) is 2.99. The molecule has 1 N–H and O–H groups in total. The summed E-state index contributed by atoms with van der Waals surface area (Å²) < 4.78 is 0. The lowest BCUT2D eigenvalue weighted by atomic mass is 10.2. The van der Waals surface area contributed by atoms with Gasteiger partial charge in [-0.05, 0) is 23.6 Å². The summed E-state index contributed by atoms with van der Waals surface area (Å²) in [5.41, 5.74) is 0. The lowest BCUT2D eigenvalue weighted by Gasteiger charge is -2.06. The minimum atomic E-state index is 0.281. The molecule has 1 aromatic heterocycles. The molecule has 0 aliphatic rings. The number of nitrogens with zero attached hydrogens (tertiary/aromatic N) is 2. The topological polar surface area (TPSA) is 37.8 Å². The van der Waals surface area contributed by atoms with Gasteiger partial charge in [0, 0.05) is 12.7 Å². The van der Waals surface area contributed by atoms with Gasteiger partial charge in [0.05, 0.1) is 0 Å². The normalized spacial score (nSPS) is 10.3. The largest absolute Gasteiger partial charge is 0.370 e. The van der Waals surface area contributed by atoms with Crippen LogP contribution in [0.5, 0.6) is 0 Å². The van der Waals surface area contributed by atoms with Crippen molar-refractivity contribution in [1.29, 1.82) is 0 Å². The number of hydrogen-bond donors (Lipinski definition) is 1. The first kappa shape index (κ1) is 9.26. The van der Waals surface area contributed by atoms with E-state index in [1.54, 1.807) is 12.3 Å². The van der Waals surface area contributed by atoms with Crippen LogP contribution in [0, 0.1) is 5.92 Å². The first-order valence-corrected chi connectivity index (χ1v) is 4.28. The highest BCUT2D eigenvalue weighted by molar-refractivity contribution is 6.28. The molecule has 1 rings (SSSR count). The Morgan fingerprint density at radius 2 is 2.33 bits per heavy atom. The molecule has 4 heteroatoms. The zero-order valence-electron chi connectivity index (χ0n) is 7.21. The van der Waals surface area contributed by atoms with Gasteiger partial charge in [-0.2, -0.15) is 0 Å². The Hall–Kier alpha value is -0.830. The van der Waals surface area contributed by atoms with Gasteiger partial charge in [-0.15, -0.1) is 0 Å². The zero-order chi connectivity index (χ0) is 8.97. The fraction of sp³-hybridized carbons (Fsp3) is 0.500. The Labute approximate surface area is 77.2 Å². The highest BCUT2D eigenvalue weighted by Gasteiger charge is 1.96. The summed E-state index contributed by atoms with van der Waals surface area (Å²) in [5.74, 6) is 1.38. The van der Waals surface area contributed by atoms with E-state index in [4.69, 9.17) is 11.6 Å². The third kappa shape index (κ3) is 3.05. The van der Waals surface area contributed by atoms with Crippen LogP contribution in [-0.4, -0.2) is 16.5 Å². The lowest BCUT2D eigenvalue weighted by molar-refractivity contribution is 0.687. The van der Waals surface area contributed by atoms with E-state index in [9.17, 15) is 0 Å². The van der Waals surface area contributed by atoms with E-state index in [0.717, 1.165) is 12.4 Å². The molecule has 0 atom stereocenters. The first-order valence-electron chi connectivity index (χ1n) is 3.91. The molecular formula is C8H12ClN3. The maximum atomic E-state index is 5.60. The molecule has 0 spiro atoms. The average molecular weight is 186 g/mol. The summed E-state index contributed by atoms with van der Waals surface area (Å²) in [6, 6.07) is 1.80. The molecule has 1 heterocycles. The minimum Gasteiger partial charge on any atom is -0.370 e. The van der Waals surface area contributed by atoms with Gasteiger partial charge >= 0.3 is 0 Å². The number of rotatable bonds is 3. The Bertz CT molecular complexity index is 250. The summed E-state index contributed by atoms with van der Waals surface area (Å²) in [5, 5.41) is 3.43. The summed E-state index contributed by atoms with van der Waals surface area (Å²) in [7, 11) is 0. The SMILES string of the molecule is CC(C)CNc1ccnc(Cl)n1. The molecule has 0 saturated heterocycles. The maximum absolute atomic E-state index is 5.60. The molecule has 12 heavy (non-hydrogen) atoms. The van der Waals surface area contributed by atoms with Crippen LogP contribution in [0.15, 0.2) is 12.3 Å². The lowest BCUT2D eigenvalue weighted by Crippen LogP contribution is -2.09. The van der Waals surface area contributed by atoms with E-state index in [2.05, 4.69) is 29.1 Å². The van der Waals surface area contributed by atoms with Gasteiger partial charge in [0.1, 0.15) is 5.82 Å². The predicted molar refractivity (Wildman–Crippen MR) is 50.4 cm³/mol. The second kappa shape index (κ2) is 4.26. The number of anilines is 1. The maximum Gasteiger partial charge on any atom is 0.224 e. The summed E-state index contributed by atoms with van der Waals surface area (Å²) in [4.78, 5) is 7.77. The Kier molecular flexibility index (Phi) is 3.29. The Morgan fingerprint density at radius 3 is 2.92 bits per heavy atom. The molecule has 66 valence electrons. The van der Waals surface area contributed by atoms with Crippen LogP contribution < -0.4 is 5.32 Å². The number of hydrogen-bond acceptors (Lipinski definition) is 3. The predicted octanol–water partition coefficient (Wildman–Crippen LogP) is 2.20. The third-order valence-electron chi connectivity index (χ3n) is 1.32. The van der Waals surface area contributed by atoms with Gasteiger partial charge in [0.2, 0.25) is 5.28 Å². The highest BCUT2D eigenvalue weighted by Crippen LogP contribution is 2.06. The number of nitrogens with one attached hydrogen (secondary N) is 1. The standard InChI is InChI=1S/C8H12ClN3/c1-6(2)5-11-7-3-4-10-8(9)12-7/h3-4,6H,5H2,1-2H3,(H,10,11,12). The van der Waals surface area contributed by atoms with Crippen LogP contribution in [0.4, 0.5) is 5.82 Å². The number of halogens is 1. The summed E-state index contributed by atoms with van der Waals surface area (Å²) in [6.45, 7) is 5.17. The van der Waals surface area contributed by atoms with Crippen LogP contribution >= 0.6 is 11.6 Å². The van der Waals surface area contributed by atoms with E-state index >= 15 is 0 Å². The van der Waals surface area contributed by atoms with Gasteiger partial charge in [-0.1, -0.05) is 13.8 Å². The molecule has 0 amide bonds. The van der Waals surface area contributed by atoms with Gasteiger partial charge < -0.3 is 5.32 Å². The Balaban J connectivity index is 2.52. The highest BCUT2D eigenvalue weighted by atomic mass is 35.5. The van der Waals surface area contributed by atoms with Gasteiger partial charge in [-0.3, -0.25) is 0 Å². The number of aromatic nitrogens is 2. The van der Waals surface area contributed by atoms with Crippen molar-refractivity contribution in [3.63, 3.8) is 0 Å². The van der Waals surface area contributed by atoms with Gasteiger partial charge in [-0.25, -0.2) is 9.97 Å². The van der Waals surface area contributed by atoms with Crippen molar-refractivity contribution in [2.24, 2.45) is 5.92 Å². The molecule has 0 aromatic carbocycles. The fourth-order valence-electron chi connectivity index (χ4n) is 0.742. The molecule has 0 aliphatic heterocycles. The van der Waals surface area contributed by atoms with Gasteiger partial charge in [0.25, 0.3) is 0 Å². The van der Waals surface area contributed by atoms with Crippen molar-refractivity contribution in [2.75, 3.05) is 11.9 Å². The van der Waals surface area contributed by atoms with Crippen molar-refractivity contribution in [3.05, 3.63) is 17.5 Å². The smallest absolute Gasteiger partial charge is 0.224 e. The van der Waals surface area contributed by atoms with E-state index in [-0.39, 0.29) is 5.28 Å². The van der Waals surface area contributed by atoms with E-state index < -0.39 is 0 Å². The monoisotopic (exact) mass is 185 g/mol.